The molecule has 0 bridgehead atoms. The number of carbonyl (C=O) groups excluding carboxylic acids is 1. The summed E-state index contributed by atoms with van der Waals surface area (Å²) in [4.78, 5) is 33.7. The van der Waals surface area contributed by atoms with Gasteiger partial charge in [0.1, 0.15) is 24.0 Å². The summed E-state index contributed by atoms with van der Waals surface area (Å²) < 4.78 is 44.5. The molecule has 1 aliphatic rings. The first kappa shape index (κ1) is 25.4. The van der Waals surface area contributed by atoms with E-state index in [-0.39, 0.29) is 18.4 Å². The lowest BCUT2D eigenvalue weighted by Crippen LogP contribution is -2.41. The zero-order valence-corrected chi connectivity index (χ0v) is 20.6. The molecular formula is C25H24F3N7O3. The molecule has 0 spiro atoms. The number of aliphatic hydroxyl groups excluding tert-OH is 1. The van der Waals surface area contributed by atoms with Gasteiger partial charge in [0.05, 0.1) is 23.2 Å². The van der Waals surface area contributed by atoms with Crippen LogP contribution in [0.2, 0.25) is 0 Å². The molecule has 10 nitrogen and oxygen atoms in total. The van der Waals surface area contributed by atoms with E-state index in [1.165, 1.54) is 17.2 Å². The Morgan fingerprint density at radius 1 is 1.21 bits per heavy atom. The van der Waals surface area contributed by atoms with Gasteiger partial charge in [0, 0.05) is 24.2 Å². The molecule has 5 rings (SSSR count). The van der Waals surface area contributed by atoms with Crippen molar-refractivity contribution in [1.29, 1.82) is 0 Å². The highest BCUT2D eigenvalue weighted by Gasteiger charge is 2.39. The molecule has 0 radical (unpaired) electrons. The molecule has 0 aliphatic carbocycles. The number of nitrogens with one attached hydrogen (secondary N) is 2. The van der Waals surface area contributed by atoms with E-state index in [2.05, 4.69) is 30.2 Å². The average molecular weight is 528 g/mol. The molecule has 3 atom stereocenters. The zero-order chi connectivity index (χ0) is 27.2. The van der Waals surface area contributed by atoms with Crippen LogP contribution in [0.1, 0.15) is 36.8 Å². The summed E-state index contributed by atoms with van der Waals surface area (Å²) in [5, 5.41) is 13.9. The van der Waals surface area contributed by atoms with Crippen LogP contribution < -0.4 is 10.2 Å². The van der Waals surface area contributed by atoms with Gasteiger partial charge in [0.25, 0.3) is 0 Å². The number of hydrogen-bond acceptors (Lipinski definition) is 8. The van der Waals surface area contributed by atoms with Crippen LogP contribution in [0.25, 0.3) is 22.2 Å². The third-order valence-electron chi connectivity index (χ3n) is 6.37. The van der Waals surface area contributed by atoms with Gasteiger partial charge in [-0.2, -0.15) is 23.1 Å². The Morgan fingerprint density at radius 3 is 2.71 bits per heavy atom. The molecule has 1 saturated heterocycles. The van der Waals surface area contributed by atoms with E-state index in [9.17, 15) is 23.1 Å². The van der Waals surface area contributed by atoms with E-state index in [1.54, 1.807) is 32.2 Å². The number of hydrogen-bond donors (Lipinski definition) is 3. The van der Waals surface area contributed by atoms with Crippen LogP contribution in [0.5, 0.6) is 0 Å². The minimum atomic E-state index is -4.55. The SMILES string of the molecule is Cc1cc([C@H](C)Nc2nc(N3C(=O)OC[C@@H]3[C@@H](C)O)c3cc[nH]c3n2)ncc1-c1ccnc(C(F)(F)F)c1. The number of nitrogens with zero attached hydrogens (tertiary/aromatic N) is 5. The maximum atomic E-state index is 13.1. The topological polar surface area (TPSA) is 129 Å². The number of alkyl halides is 3. The van der Waals surface area contributed by atoms with Crippen LogP contribution in [0.3, 0.4) is 0 Å². The van der Waals surface area contributed by atoms with Gasteiger partial charge in [0.2, 0.25) is 5.95 Å². The van der Waals surface area contributed by atoms with Gasteiger partial charge >= 0.3 is 12.3 Å². The number of ether oxygens (including phenoxy) is 1. The number of amides is 1. The summed E-state index contributed by atoms with van der Waals surface area (Å²) >= 11 is 0. The molecule has 0 unspecified atom stereocenters. The van der Waals surface area contributed by atoms with Crippen molar-refractivity contribution in [2.24, 2.45) is 0 Å². The van der Waals surface area contributed by atoms with Gasteiger partial charge in [-0.3, -0.25) is 14.9 Å². The van der Waals surface area contributed by atoms with Gasteiger partial charge in [0.15, 0.2) is 5.82 Å². The number of aryl methyl sites for hydroxylation is 1. The highest BCUT2D eigenvalue weighted by Crippen LogP contribution is 2.33. The number of pyridine rings is 2. The van der Waals surface area contributed by atoms with Crippen LogP contribution in [0, 0.1) is 6.92 Å². The van der Waals surface area contributed by atoms with E-state index < -0.39 is 36.2 Å². The predicted molar refractivity (Wildman–Crippen MR) is 132 cm³/mol. The number of cyclic esters (lactones) is 1. The fourth-order valence-corrected chi connectivity index (χ4v) is 4.35. The molecule has 5 heterocycles. The molecule has 1 fully saturated rings. The second-order valence-corrected chi connectivity index (χ2v) is 9.08. The third-order valence-corrected chi connectivity index (χ3v) is 6.37. The zero-order valence-electron chi connectivity index (χ0n) is 20.6. The lowest BCUT2D eigenvalue weighted by Gasteiger charge is -2.24. The fraction of sp³-hybridized carbons (Fsp3) is 0.320. The summed E-state index contributed by atoms with van der Waals surface area (Å²) in [5.74, 6) is 0.496. The lowest BCUT2D eigenvalue weighted by molar-refractivity contribution is -0.141. The first-order chi connectivity index (χ1) is 18.0. The number of aromatic nitrogens is 5. The minimum Gasteiger partial charge on any atom is -0.447 e. The molecule has 13 heteroatoms. The highest BCUT2D eigenvalue weighted by molar-refractivity contribution is 5.99. The normalized spacial score (nSPS) is 17.5. The molecule has 0 aromatic carbocycles. The second kappa shape index (κ2) is 9.56. The van der Waals surface area contributed by atoms with Gasteiger partial charge < -0.3 is 20.1 Å². The average Bonchev–Trinajstić information content (AvgIpc) is 3.49. The Kier molecular flexibility index (Phi) is 6.39. The summed E-state index contributed by atoms with van der Waals surface area (Å²) in [6.45, 7) is 5.23. The summed E-state index contributed by atoms with van der Waals surface area (Å²) in [6.07, 6.45) is -1.70. The molecule has 3 N–H and O–H groups in total. The van der Waals surface area contributed by atoms with Crippen molar-refractivity contribution in [3.05, 3.63) is 59.8 Å². The van der Waals surface area contributed by atoms with Gasteiger partial charge in [-0.1, -0.05) is 0 Å². The molecule has 198 valence electrons. The van der Waals surface area contributed by atoms with Gasteiger partial charge in [-0.15, -0.1) is 0 Å². The summed E-state index contributed by atoms with van der Waals surface area (Å²) in [7, 11) is 0. The number of rotatable bonds is 6. The van der Waals surface area contributed by atoms with Crippen molar-refractivity contribution in [3.63, 3.8) is 0 Å². The first-order valence-corrected chi connectivity index (χ1v) is 11.8. The van der Waals surface area contributed by atoms with Crippen molar-refractivity contribution >= 4 is 28.9 Å². The standard InChI is InChI=1S/C25H24F3N7O3/c1-12-8-18(31-10-17(12)15-4-6-29-20(9-15)25(26,27)28)13(2)32-23-33-21-16(5-7-30-21)22(34-23)35-19(14(3)36)11-38-24(35)37/h4-10,13-14,19,36H,11H2,1-3H3,(H2,30,32,33,34)/t13-,14+,19+/m0/s1. The monoisotopic (exact) mass is 527 g/mol. The lowest BCUT2D eigenvalue weighted by atomic mass is 10.0. The third kappa shape index (κ3) is 4.72. The molecular weight excluding hydrogens is 503 g/mol. The molecule has 0 saturated carbocycles. The van der Waals surface area contributed by atoms with Crippen LogP contribution in [-0.2, 0) is 10.9 Å². The molecule has 1 aliphatic heterocycles. The first-order valence-electron chi connectivity index (χ1n) is 11.8. The number of aliphatic hydroxyl groups is 1. The van der Waals surface area contributed by atoms with Crippen LogP contribution in [-0.4, -0.2) is 54.9 Å². The maximum absolute atomic E-state index is 13.1. The predicted octanol–water partition coefficient (Wildman–Crippen LogP) is 4.62. The smallest absolute Gasteiger partial charge is 0.433 e. The van der Waals surface area contributed by atoms with Crippen LogP contribution in [0.4, 0.5) is 29.7 Å². The van der Waals surface area contributed by atoms with Crippen LogP contribution >= 0.6 is 0 Å². The van der Waals surface area contributed by atoms with E-state index >= 15 is 0 Å². The maximum Gasteiger partial charge on any atom is 0.433 e. The quantitative estimate of drug-likeness (QED) is 0.331. The Morgan fingerprint density at radius 2 is 2.00 bits per heavy atom. The molecule has 4 aromatic rings. The number of fused-ring (bicyclic) bond motifs is 1. The van der Waals surface area contributed by atoms with Crippen molar-refractivity contribution in [2.75, 3.05) is 16.8 Å². The van der Waals surface area contributed by atoms with Crippen molar-refractivity contribution in [1.82, 2.24) is 24.9 Å². The Hall–Kier alpha value is -4.26. The van der Waals surface area contributed by atoms with E-state index in [0.29, 0.717) is 27.9 Å². The Labute approximate surface area is 214 Å². The Balaban J connectivity index is 1.43. The second-order valence-electron chi connectivity index (χ2n) is 9.08. The van der Waals surface area contributed by atoms with Crippen molar-refractivity contribution in [3.8, 4) is 11.1 Å². The largest absolute Gasteiger partial charge is 0.447 e. The van der Waals surface area contributed by atoms with Crippen molar-refractivity contribution in [2.45, 2.75) is 45.1 Å². The van der Waals surface area contributed by atoms with Crippen LogP contribution in [0.15, 0.2) is 42.9 Å². The number of anilines is 2. The number of H-pyrrole nitrogens is 1. The van der Waals surface area contributed by atoms with Gasteiger partial charge in [-0.05, 0) is 56.2 Å². The number of halogens is 3. The summed E-state index contributed by atoms with van der Waals surface area (Å²) in [6, 6.07) is 5.00. The summed E-state index contributed by atoms with van der Waals surface area (Å²) in [5.41, 5.74) is 1.75. The molecule has 1 amide bonds. The minimum absolute atomic E-state index is 0.0308. The number of aromatic amines is 1. The number of carbonyl (C=O) groups is 1. The van der Waals surface area contributed by atoms with Crippen molar-refractivity contribution < 1.29 is 27.8 Å². The molecule has 38 heavy (non-hydrogen) atoms. The molecule has 4 aromatic heterocycles. The van der Waals surface area contributed by atoms with Gasteiger partial charge in [-0.25, -0.2) is 4.79 Å². The van der Waals surface area contributed by atoms with E-state index in [0.717, 1.165) is 17.8 Å². The van der Waals surface area contributed by atoms with E-state index in [1.807, 2.05) is 6.92 Å². The van der Waals surface area contributed by atoms with E-state index in [4.69, 9.17) is 4.74 Å². The fourth-order valence-electron chi connectivity index (χ4n) is 4.35. The Bertz CT molecular complexity index is 1510. The highest BCUT2D eigenvalue weighted by atomic mass is 19.4.